The Bertz CT molecular complexity index is 339. The minimum atomic E-state index is -0.495. The van der Waals surface area contributed by atoms with Crippen molar-refractivity contribution in [3.05, 3.63) is 0 Å². The van der Waals surface area contributed by atoms with Crippen molar-refractivity contribution in [3.63, 3.8) is 0 Å². The maximum Gasteiger partial charge on any atom is 0.245 e. The molecule has 0 saturated carbocycles. The average Bonchev–Trinajstić information content (AvgIpc) is 2.37. The second-order valence-corrected chi connectivity index (χ2v) is 6.00. The van der Waals surface area contributed by atoms with Gasteiger partial charge in [-0.3, -0.25) is 9.59 Å². The Morgan fingerprint density at radius 3 is 2.65 bits per heavy atom. The van der Waals surface area contributed by atoms with Crippen LogP contribution in [0.4, 0.5) is 0 Å². The van der Waals surface area contributed by atoms with Crippen molar-refractivity contribution in [2.24, 2.45) is 0 Å². The summed E-state index contributed by atoms with van der Waals surface area (Å²) < 4.78 is 5.32. The molecule has 116 valence electrons. The van der Waals surface area contributed by atoms with Crippen molar-refractivity contribution < 1.29 is 14.3 Å². The van der Waals surface area contributed by atoms with Gasteiger partial charge in [0, 0.05) is 31.6 Å². The second-order valence-electron chi connectivity index (χ2n) is 6.00. The normalized spacial score (nSPS) is 19.8. The van der Waals surface area contributed by atoms with Crippen LogP contribution in [0.3, 0.4) is 0 Å². The van der Waals surface area contributed by atoms with Crippen molar-refractivity contribution in [2.45, 2.75) is 45.7 Å². The van der Waals surface area contributed by atoms with Crippen molar-refractivity contribution in [3.8, 4) is 0 Å². The number of nitrogens with zero attached hydrogens (tertiary/aromatic N) is 1. The van der Waals surface area contributed by atoms with Crippen LogP contribution in [-0.4, -0.2) is 61.1 Å². The molecule has 0 aliphatic carbocycles. The van der Waals surface area contributed by atoms with Crippen LogP contribution >= 0.6 is 0 Å². The molecule has 0 aromatic rings. The average molecular weight is 285 g/mol. The van der Waals surface area contributed by atoms with Crippen LogP contribution in [0.1, 0.15) is 34.1 Å². The van der Waals surface area contributed by atoms with Crippen LogP contribution in [0, 0.1) is 0 Å². The van der Waals surface area contributed by atoms with Gasteiger partial charge in [0.25, 0.3) is 0 Å². The van der Waals surface area contributed by atoms with Crippen molar-refractivity contribution >= 4 is 11.8 Å². The molecule has 1 rings (SSSR count). The van der Waals surface area contributed by atoms with E-state index in [9.17, 15) is 9.59 Å². The maximum absolute atomic E-state index is 12.3. The van der Waals surface area contributed by atoms with E-state index in [1.165, 1.54) is 0 Å². The Kier molecular flexibility index (Phi) is 6.42. The fourth-order valence-corrected chi connectivity index (χ4v) is 2.10. The highest BCUT2D eigenvalue weighted by molar-refractivity contribution is 5.88. The fraction of sp³-hybridized carbons (Fsp3) is 0.857. The predicted molar refractivity (Wildman–Crippen MR) is 77.4 cm³/mol. The number of rotatable bonds is 5. The molecule has 6 heteroatoms. The lowest BCUT2D eigenvalue weighted by atomic mass is 10.1. The summed E-state index contributed by atoms with van der Waals surface area (Å²) >= 11 is 0. The highest BCUT2D eigenvalue weighted by Gasteiger charge is 2.32. The summed E-state index contributed by atoms with van der Waals surface area (Å²) in [6.45, 7) is 10.5. The minimum absolute atomic E-state index is 0.00121. The van der Waals surface area contributed by atoms with E-state index in [0.29, 0.717) is 32.7 Å². The SMILES string of the molecule is CCNC(=O)C1COCCN1C(=O)CCNC(C)(C)C. The van der Waals surface area contributed by atoms with Gasteiger partial charge in [-0.1, -0.05) is 0 Å². The molecule has 1 unspecified atom stereocenters. The summed E-state index contributed by atoms with van der Waals surface area (Å²) in [4.78, 5) is 25.8. The zero-order valence-electron chi connectivity index (χ0n) is 13.0. The van der Waals surface area contributed by atoms with Gasteiger partial charge in [0.1, 0.15) is 6.04 Å². The molecule has 0 aromatic heterocycles. The molecule has 0 radical (unpaired) electrons. The molecule has 1 atom stereocenters. The smallest absolute Gasteiger partial charge is 0.245 e. The van der Waals surface area contributed by atoms with Crippen LogP contribution < -0.4 is 10.6 Å². The third kappa shape index (κ3) is 5.46. The summed E-state index contributed by atoms with van der Waals surface area (Å²) in [5.74, 6) is -0.134. The zero-order valence-corrected chi connectivity index (χ0v) is 13.0. The highest BCUT2D eigenvalue weighted by Crippen LogP contribution is 2.09. The number of ether oxygens (including phenoxy) is 1. The molecule has 1 aliphatic heterocycles. The van der Waals surface area contributed by atoms with Gasteiger partial charge < -0.3 is 20.3 Å². The highest BCUT2D eigenvalue weighted by atomic mass is 16.5. The van der Waals surface area contributed by atoms with Crippen LogP contribution in [0.15, 0.2) is 0 Å². The first-order valence-corrected chi connectivity index (χ1v) is 7.25. The van der Waals surface area contributed by atoms with E-state index in [1.807, 2.05) is 6.92 Å². The summed E-state index contributed by atoms with van der Waals surface area (Å²) in [6, 6.07) is -0.495. The molecule has 0 bridgehead atoms. The first-order valence-electron chi connectivity index (χ1n) is 7.25. The molecule has 1 heterocycles. The van der Waals surface area contributed by atoms with Gasteiger partial charge in [0.05, 0.1) is 13.2 Å². The molecule has 1 saturated heterocycles. The van der Waals surface area contributed by atoms with E-state index >= 15 is 0 Å². The Hall–Kier alpha value is -1.14. The van der Waals surface area contributed by atoms with Crippen LogP contribution in [0.25, 0.3) is 0 Å². The number of nitrogens with one attached hydrogen (secondary N) is 2. The maximum atomic E-state index is 12.3. The van der Waals surface area contributed by atoms with Crippen LogP contribution in [-0.2, 0) is 14.3 Å². The Morgan fingerprint density at radius 1 is 1.35 bits per heavy atom. The quantitative estimate of drug-likeness (QED) is 0.753. The molecule has 0 spiro atoms. The lowest BCUT2D eigenvalue weighted by Gasteiger charge is -2.34. The molecule has 20 heavy (non-hydrogen) atoms. The van der Waals surface area contributed by atoms with Gasteiger partial charge >= 0.3 is 0 Å². The monoisotopic (exact) mass is 285 g/mol. The van der Waals surface area contributed by atoms with Crippen LogP contribution in [0.2, 0.25) is 0 Å². The van der Waals surface area contributed by atoms with Gasteiger partial charge in [0.2, 0.25) is 11.8 Å². The molecule has 6 nitrogen and oxygen atoms in total. The van der Waals surface area contributed by atoms with E-state index in [4.69, 9.17) is 4.74 Å². The lowest BCUT2D eigenvalue weighted by Crippen LogP contribution is -2.56. The van der Waals surface area contributed by atoms with Gasteiger partial charge in [-0.15, -0.1) is 0 Å². The molecular formula is C14H27N3O3. The number of likely N-dealkylation sites (N-methyl/N-ethyl adjacent to an activating group) is 1. The molecule has 0 aromatic carbocycles. The van der Waals surface area contributed by atoms with Crippen molar-refractivity contribution in [1.29, 1.82) is 0 Å². The van der Waals surface area contributed by atoms with Crippen molar-refractivity contribution in [2.75, 3.05) is 32.8 Å². The summed E-state index contributed by atoms with van der Waals surface area (Å²) in [5, 5.41) is 6.03. The number of hydrogen-bond donors (Lipinski definition) is 2. The van der Waals surface area contributed by atoms with Gasteiger partial charge in [-0.2, -0.15) is 0 Å². The Balaban J connectivity index is 2.52. The van der Waals surface area contributed by atoms with Crippen LogP contribution in [0.5, 0.6) is 0 Å². The summed E-state index contributed by atoms with van der Waals surface area (Å²) in [7, 11) is 0. The predicted octanol–water partition coefficient (Wildman–Crippen LogP) is 0.128. The zero-order chi connectivity index (χ0) is 15.2. The number of hydrogen-bond acceptors (Lipinski definition) is 4. The van der Waals surface area contributed by atoms with E-state index in [2.05, 4.69) is 31.4 Å². The summed E-state index contributed by atoms with van der Waals surface area (Å²) in [6.07, 6.45) is 0.396. The van der Waals surface area contributed by atoms with Crippen molar-refractivity contribution in [1.82, 2.24) is 15.5 Å². The fourth-order valence-electron chi connectivity index (χ4n) is 2.10. The molecule has 2 amide bonds. The number of morpholine rings is 1. The van der Waals surface area contributed by atoms with E-state index in [-0.39, 0.29) is 24.0 Å². The number of carbonyl (C=O) groups excluding carboxylic acids is 2. The largest absolute Gasteiger partial charge is 0.377 e. The molecular weight excluding hydrogens is 258 g/mol. The minimum Gasteiger partial charge on any atom is -0.377 e. The third-order valence-electron chi connectivity index (χ3n) is 3.10. The number of carbonyl (C=O) groups is 2. The second kappa shape index (κ2) is 7.59. The molecule has 2 N–H and O–H groups in total. The standard InChI is InChI=1S/C14H27N3O3/c1-5-15-13(19)11-10-20-9-8-17(11)12(18)6-7-16-14(2,3)4/h11,16H,5-10H2,1-4H3,(H,15,19). The first kappa shape index (κ1) is 16.9. The summed E-state index contributed by atoms with van der Waals surface area (Å²) in [5.41, 5.74) is -0.00965. The van der Waals surface area contributed by atoms with Gasteiger partial charge in [-0.05, 0) is 27.7 Å². The Labute approximate surface area is 121 Å². The first-order chi connectivity index (χ1) is 9.35. The number of amides is 2. The third-order valence-corrected chi connectivity index (χ3v) is 3.10. The van der Waals surface area contributed by atoms with Gasteiger partial charge in [-0.25, -0.2) is 0 Å². The molecule has 1 fully saturated rings. The van der Waals surface area contributed by atoms with E-state index in [0.717, 1.165) is 0 Å². The van der Waals surface area contributed by atoms with E-state index in [1.54, 1.807) is 4.90 Å². The topological polar surface area (TPSA) is 70.7 Å². The lowest BCUT2D eigenvalue weighted by molar-refractivity contribution is -0.148. The Morgan fingerprint density at radius 2 is 2.05 bits per heavy atom. The van der Waals surface area contributed by atoms with Gasteiger partial charge in [0.15, 0.2) is 0 Å². The van der Waals surface area contributed by atoms with E-state index < -0.39 is 6.04 Å². The molecule has 1 aliphatic rings.